The van der Waals surface area contributed by atoms with Crippen molar-refractivity contribution in [3.63, 3.8) is 0 Å². The molecule has 2 aromatic carbocycles. The highest BCUT2D eigenvalue weighted by Crippen LogP contribution is 2.33. The molecule has 0 aliphatic carbocycles. The molecule has 0 bridgehead atoms. The van der Waals surface area contributed by atoms with Crippen molar-refractivity contribution in [1.82, 2.24) is 0 Å². The topological polar surface area (TPSA) is 77.1 Å². The van der Waals surface area contributed by atoms with Crippen LogP contribution in [-0.2, 0) is 9.59 Å². The van der Waals surface area contributed by atoms with Crippen LogP contribution in [0.4, 0.5) is 11.4 Å². The molecule has 0 aromatic heterocycles. The summed E-state index contributed by atoms with van der Waals surface area (Å²) in [5.74, 6) is 1.60. The fourth-order valence-corrected chi connectivity index (χ4v) is 2.96. The largest absolute Gasteiger partial charge is 0.486 e. The van der Waals surface area contributed by atoms with Crippen molar-refractivity contribution >= 4 is 23.2 Å². The molecule has 26 heavy (non-hydrogen) atoms. The normalized spacial score (nSPS) is 15.1. The van der Waals surface area contributed by atoms with Crippen molar-refractivity contribution in [2.75, 3.05) is 36.6 Å². The van der Waals surface area contributed by atoms with E-state index in [2.05, 4.69) is 5.32 Å². The highest BCUT2D eigenvalue weighted by atomic mass is 16.6. The standard InChI is InChI=1S/C19H18N2O5/c22-18(20-13-5-6-16-17(11-13)25-10-9-24-16)7-8-21-14-3-1-2-4-15(14)26-12-19(21)23/h1-6,11H,7-10,12H2,(H,20,22). The lowest BCUT2D eigenvalue weighted by Crippen LogP contribution is -2.40. The monoisotopic (exact) mass is 354 g/mol. The van der Waals surface area contributed by atoms with Crippen LogP contribution >= 0.6 is 0 Å². The third-order valence-electron chi connectivity index (χ3n) is 4.20. The second-order valence-electron chi connectivity index (χ2n) is 5.96. The highest BCUT2D eigenvalue weighted by molar-refractivity contribution is 5.99. The van der Waals surface area contributed by atoms with Crippen LogP contribution in [0.25, 0.3) is 0 Å². The lowest BCUT2D eigenvalue weighted by atomic mass is 10.2. The second-order valence-corrected chi connectivity index (χ2v) is 5.96. The number of hydrogen-bond donors (Lipinski definition) is 1. The number of ether oxygens (including phenoxy) is 3. The maximum atomic E-state index is 12.3. The van der Waals surface area contributed by atoms with Crippen molar-refractivity contribution in [1.29, 1.82) is 0 Å². The van der Waals surface area contributed by atoms with Crippen LogP contribution in [0.3, 0.4) is 0 Å². The molecule has 2 aliphatic rings. The number of nitrogens with one attached hydrogen (secondary N) is 1. The minimum atomic E-state index is -0.182. The van der Waals surface area contributed by atoms with Gasteiger partial charge in [-0.05, 0) is 24.3 Å². The lowest BCUT2D eigenvalue weighted by Gasteiger charge is -2.29. The molecular weight excluding hydrogens is 336 g/mol. The smallest absolute Gasteiger partial charge is 0.265 e. The molecule has 0 unspecified atom stereocenters. The van der Waals surface area contributed by atoms with Crippen LogP contribution in [0.1, 0.15) is 6.42 Å². The van der Waals surface area contributed by atoms with E-state index in [0.717, 1.165) is 0 Å². The zero-order valence-electron chi connectivity index (χ0n) is 14.1. The van der Waals surface area contributed by atoms with Gasteiger partial charge in [0.25, 0.3) is 5.91 Å². The first-order valence-electron chi connectivity index (χ1n) is 8.42. The molecule has 4 rings (SSSR count). The molecule has 0 spiro atoms. The number of para-hydroxylation sites is 2. The predicted octanol–water partition coefficient (Wildman–Crippen LogP) is 2.21. The Balaban J connectivity index is 1.39. The Morgan fingerprint density at radius 1 is 1.00 bits per heavy atom. The summed E-state index contributed by atoms with van der Waals surface area (Å²) in [7, 11) is 0. The first kappa shape index (κ1) is 16.3. The second kappa shape index (κ2) is 6.95. The average Bonchev–Trinajstić information content (AvgIpc) is 2.67. The van der Waals surface area contributed by atoms with Gasteiger partial charge in [0.1, 0.15) is 19.0 Å². The van der Waals surface area contributed by atoms with Gasteiger partial charge in [-0.2, -0.15) is 0 Å². The van der Waals surface area contributed by atoms with E-state index in [-0.39, 0.29) is 31.4 Å². The summed E-state index contributed by atoms with van der Waals surface area (Å²) in [6.07, 6.45) is 0.175. The fraction of sp³-hybridized carbons (Fsp3) is 0.263. The van der Waals surface area contributed by atoms with E-state index in [1.165, 1.54) is 0 Å². The summed E-state index contributed by atoms with van der Waals surface area (Å²) in [4.78, 5) is 26.0. The van der Waals surface area contributed by atoms with Gasteiger partial charge in [-0.1, -0.05) is 12.1 Å². The van der Waals surface area contributed by atoms with Crippen LogP contribution in [0.2, 0.25) is 0 Å². The molecule has 0 radical (unpaired) electrons. The molecule has 134 valence electrons. The molecule has 7 heteroatoms. The van der Waals surface area contributed by atoms with E-state index in [9.17, 15) is 9.59 Å². The Hall–Kier alpha value is -3.22. The summed E-state index contributed by atoms with van der Waals surface area (Å²) in [6.45, 7) is 1.28. The quantitative estimate of drug-likeness (QED) is 0.911. The molecule has 2 aliphatic heterocycles. The van der Waals surface area contributed by atoms with Crippen molar-refractivity contribution in [3.05, 3.63) is 42.5 Å². The van der Waals surface area contributed by atoms with Gasteiger partial charge in [0.2, 0.25) is 5.91 Å². The number of carbonyl (C=O) groups is 2. The number of anilines is 2. The van der Waals surface area contributed by atoms with Crippen molar-refractivity contribution in [2.45, 2.75) is 6.42 Å². The summed E-state index contributed by atoms with van der Waals surface area (Å²) >= 11 is 0. The number of rotatable bonds is 4. The fourth-order valence-electron chi connectivity index (χ4n) is 2.96. The van der Waals surface area contributed by atoms with Gasteiger partial charge in [0, 0.05) is 24.7 Å². The molecular formula is C19H18N2O5. The van der Waals surface area contributed by atoms with Crippen molar-refractivity contribution in [2.24, 2.45) is 0 Å². The van der Waals surface area contributed by atoms with Crippen molar-refractivity contribution < 1.29 is 23.8 Å². The molecule has 2 aromatic rings. The molecule has 1 N–H and O–H groups in total. The number of fused-ring (bicyclic) bond motifs is 2. The average molecular weight is 354 g/mol. The van der Waals surface area contributed by atoms with Gasteiger partial charge in [-0.25, -0.2) is 0 Å². The number of hydrogen-bond acceptors (Lipinski definition) is 5. The third-order valence-corrected chi connectivity index (χ3v) is 4.20. The molecule has 0 saturated heterocycles. The van der Waals surface area contributed by atoms with Gasteiger partial charge in [-0.3, -0.25) is 9.59 Å². The maximum Gasteiger partial charge on any atom is 0.265 e. The van der Waals surface area contributed by atoms with Crippen molar-refractivity contribution in [3.8, 4) is 17.2 Å². The maximum absolute atomic E-state index is 12.3. The first-order chi connectivity index (χ1) is 12.7. The van der Waals surface area contributed by atoms with Crippen LogP contribution in [0, 0.1) is 0 Å². The first-order valence-corrected chi connectivity index (χ1v) is 8.42. The van der Waals surface area contributed by atoms with Crippen LogP contribution in [0.15, 0.2) is 42.5 Å². The van der Waals surface area contributed by atoms with E-state index in [0.29, 0.717) is 41.8 Å². The van der Waals surface area contributed by atoms with Gasteiger partial charge >= 0.3 is 0 Å². The summed E-state index contributed by atoms with van der Waals surface area (Å²) in [5.41, 5.74) is 1.32. The van der Waals surface area contributed by atoms with Crippen LogP contribution < -0.4 is 24.4 Å². The Morgan fingerprint density at radius 3 is 2.69 bits per heavy atom. The molecule has 0 saturated carbocycles. The minimum absolute atomic E-state index is 0.0131. The SMILES string of the molecule is O=C(CCN1C(=O)COc2ccccc21)Nc1ccc2c(c1)OCCO2. The molecule has 2 amide bonds. The van der Waals surface area contributed by atoms with E-state index in [4.69, 9.17) is 14.2 Å². The summed E-state index contributed by atoms with van der Waals surface area (Å²) in [6, 6.07) is 12.6. The van der Waals surface area contributed by atoms with Gasteiger partial charge in [0.05, 0.1) is 5.69 Å². The number of nitrogens with zero attached hydrogens (tertiary/aromatic N) is 1. The lowest BCUT2D eigenvalue weighted by molar-refractivity contribution is -0.121. The van der Waals surface area contributed by atoms with Gasteiger partial charge < -0.3 is 24.4 Å². The Labute approximate surface area is 150 Å². The van der Waals surface area contributed by atoms with E-state index < -0.39 is 0 Å². The third kappa shape index (κ3) is 3.28. The summed E-state index contributed by atoms with van der Waals surface area (Å²) < 4.78 is 16.4. The highest BCUT2D eigenvalue weighted by Gasteiger charge is 2.25. The van der Waals surface area contributed by atoms with E-state index in [1.807, 2.05) is 24.3 Å². The molecule has 0 atom stereocenters. The Bertz CT molecular complexity index is 852. The Morgan fingerprint density at radius 2 is 1.81 bits per heavy atom. The van der Waals surface area contributed by atoms with Gasteiger partial charge in [-0.15, -0.1) is 0 Å². The molecule has 2 heterocycles. The van der Waals surface area contributed by atoms with Crippen LogP contribution in [0.5, 0.6) is 17.2 Å². The van der Waals surface area contributed by atoms with Crippen LogP contribution in [-0.4, -0.2) is 38.2 Å². The zero-order chi connectivity index (χ0) is 17.9. The van der Waals surface area contributed by atoms with E-state index in [1.54, 1.807) is 23.1 Å². The summed E-state index contributed by atoms with van der Waals surface area (Å²) in [5, 5.41) is 2.83. The Kier molecular flexibility index (Phi) is 4.35. The van der Waals surface area contributed by atoms with Gasteiger partial charge in [0.15, 0.2) is 18.1 Å². The molecule has 0 fully saturated rings. The zero-order valence-corrected chi connectivity index (χ0v) is 14.1. The number of carbonyl (C=O) groups excluding carboxylic acids is 2. The van der Waals surface area contributed by atoms with E-state index >= 15 is 0 Å². The minimum Gasteiger partial charge on any atom is -0.486 e. The number of benzene rings is 2. The molecule has 7 nitrogen and oxygen atoms in total. The predicted molar refractivity (Wildman–Crippen MR) is 95.0 cm³/mol. The number of amides is 2.